The summed E-state index contributed by atoms with van der Waals surface area (Å²) in [5.74, 6) is -0.0295. The Bertz CT molecular complexity index is 1360. The van der Waals surface area contributed by atoms with Gasteiger partial charge in [0, 0.05) is 34.3 Å². The van der Waals surface area contributed by atoms with E-state index in [9.17, 15) is 9.18 Å². The number of carbonyl (C=O) groups is 1. The SMILES string of the molecule is CCOc1cc2occ(-c3ccc(F)cc3)c2cc1/C(C)=C/C(=O)Nc1ccc(Cl)c(Cl)c1. The molecule has 0 fully saturated rings. The molecule has 3 aromatic carbocycles. The first-order chi connectivity index (χ1) is 15.9. The average Bonchev–Trinajstić information content (AvgIpc) is 3.19. The van der Waals surface area contributed by atoms with Crippen molar-refractivity contribution in [2.24, 2.45) is 0 Å². The second-order valence-electron chi connectivity index (χ2n) is 7.38. The molecule has 0 aliphatic carbocycles. The maximum absolute atomic E-state index is 13.4. The van der Waals surface area contributed by atoms with Crippen molar-refractivity contribution in [1.82, 2.24) is 0 Å². The normalized spacial score (nSPS) is 11.6. The lowest BCUT2D eigenvalue weighted by atomic mass is 9.99. The number of allylic oxidation sites excluding steroid dienone is 1. The van der Waals surface area contributed by atoms with E-state index in [1.807, 2.05) is 19.9 Å². The van der Waals surface area contributed by atoms with Gasteiger partial charge in [0.25, 0.3) is 0 Å². The van der Waals surface area contributed by atoms with Crippen LogP contribution in [0.3, 0.4) is 0 Å². The predicted molar refractivity (Wildman–Crippen MR) is 132 cm³/mol. The Labute approximate surface area is 200 Å². The van der Waals surface area contributed by atoms with Crippen molar-refractivity contribution in [2.75, 3.05) is 11.9 Å². The van der Waals surface area contributed by atoms with E-state index in [0.29, 0.717) is 39.2 Å². The zero-order valence-electron chi connectivity index (χ0n) is 17.9. The molecule has 0 saturated carbocycles. The number of benzene rings is 3. The Morgan fingerprint density at radius 2 is 1.85 bits per heavy atom. The van der Waals surface area contributed by atoms with Gasteiger partial charge in [0.05, 0.1) is 22.9 Å². The molecule has 1 aromatic heterocycles. The van der Waals surface area contributed by atoms with Crippen LogP contribution in [0.5, 0.6) is 5.75 Å². The molecule has 1 N–H and O–H groups in total. The molecule has 0 unspecified atom stereocenters. The molecule has 4 aromatic rings. The quantitative estimate of drug-likeness (QED) is 0.282. The van der Waals surface area contributed by atoms with Gasteiger partial charge in [-0.1, -0.05) is 35.3 Å². The van der Waals surface area contributed by atoms with E-state index in [1.54, 1.807) is 42.7 Å². The third-order valence-corrected chi connectivity index (χ3v) is 5.83. The molecule has 168 valence electrons. The molecule has 4 nitrogen and oxygen atoms in total. The fourth-order valence-corrected chi connectivity index (χ4v) is 3.82. The van der Waals surface area contributed by atoms with E-state index in [1.165, 1.54) is 18.2 Å². The van der Waals surface area contributed by atoms with Crippen LogP contribution in [0.15, 0.2) is 71.4 Å². The van der Waals surface area contributed by atoms with Gasteiger partial charge in [-0.25, -0.2) is 4.39 Å². The molecule has 4 rings (SSSR count). The number of halogens is 3. The molecule has 0 bridgehead atoms. The molecule has 1 heterocycles. The van der Waals surface area contributed by atoms with Crippen molar-refractivity contribution in [3.8, 4) is 16.9 Å². The van der Waals surface area contributed by atoms with Crippen LogP contribution in [0, 0.1) is 5.82 Å². The van der Waals surface area contributed by atoms with Gasteiger partial charge in [0.2, 0.25) is 5.91 Å². The van der Waals surface area contributed by atoms with E-state index < -0.39 is 0 Å². The molecule has 0 radical (unpaired) electrons. The van der Waals surface area contributed by atoms with Gasteiger partial charge in [0.1, 0.15) is 17.1 Å². The van der Waals surface area contributed by atoms with Crippen molar-refractivity contribution >= 4 is 51.3 Å². The Morgan fingerprint density at radius 1 is 1.09 bits per heavy atom. The molecular weight excluding hydrogens is 464 g/mol. The summed E-state index contributed by atoms with van der Waals surface area (Å²) in [5.41, 5.74) is 4.26. The Balaban J connectivity index is 1.71. The minimum Gasteiger partial charge on any atom is -0.493 e. The zero-order valence-corrected chi connectivity index (χ0v) is 19.4. The fourth-order valence-electron chi connectivity index (χ4n) is 3.52. The molecule has 0 spiro atoms. The number of hydrogen-bond acceptors (Lipinski definition) is 3. The minimum absolute atomic E-state index is 0.308. The van der Waals surface area contributed by atoms with Crippen LogP contribution in [0.2, 0.25) is 10.0 Å². The van der Waals surface area contributed by atoms with Crippen LogP contribution in [-0.2, 0) is 4.79 Å². The Kier molecular flexibility index (Phi) is 6.72. The highest BCUT2D eigenvalue weighted by Crippen LogP contribution is 2.37. The first-order valence-corrected chi connectivity index (χ1v) is 11.0. The second kappa shape index (κ2) is 9.69. The molecule has 0 aliphatic rings. The summed E-state index contributed by atoms with van der Waals surface area (Å²) in [5, 5.41) is 4.38. The maximum Gasteiger partial charge on any atom is 0.248 e. The third kappa shape index (κ3) is 5.05. The summed E-state index contributed by atoms with van der Waals surface area (Å²) < 4.78 is 24.9. The average molecular weight is 484 g/mol. The van der Waals surface area contributed by atoms with Crippen LogP contribution in [0.4, 0.5) is 10.1 Å². The van der Waals surface area contributed by atoms with Gasteiger partial charge in [0.15, 0.2) is 0 Å². The Morgan fingerprint density at radius 3 is 2.55 bits per heavy atom. The summed E-state index contributed by atoms with van der Waals surface area (Å²) in [6.07, 6.45) is 3.12. The van der Waals surface area contributed by atoms with Gasteiger partial charge in [-0.05, 0) is 61.4 Å². The van der Waals surface area contributed by atoms with Crippen molar-refractivity contribution in [3.05, 3.63) is 88.4 Å². The van der Waals surface area contributed by atoms with Gasteiger partial charge in [-0.15, -0.1) is 0 Å². The van der Waals surface area contributed by atoms with Crippen molar-refractivity contribution < 1.29 is 18.3 Å². The number of nitrogens with one attached hydrogen (secondary N) is 1. The monoisotopic (exact) mass is 483 g/mol. The van der Waals surface area contributed by atoms with E-state index in [-0.39, 0.29) is 11.7 Å². The Hall–Kier alpha value is -3.28. The highest BCUT2D eigenvalue weighted by atomic mass is 35.5. The lowest BCUT2D eigenvalue weighted by Gasteiger charge is -2.12. The molecule has 0 aliphatic heterocycles. The van der Waals surface area contributed by atoms with Gasteiger partial charge < -0.3 is 14.5 Å². The molecule has 7 heteroatoms. The van der Waals surface area contributed by atoms with Gasteiger partial charge >= 0.3 is 0 Å². The van der Waals surface area contributed by atoms with E-state index >= 15 is 0 Å². The summed E-state index contributed by atoms with van der Waals surface area (Å²) in [6, 6.07) is 14.8. The second-order valence-corrected chi connectivity index (χ2v) is 8.19. The maximum atomic E-state index is 13.4. The predicted octanol–water partition coefficient (Wildman–Crippen LogP) is 7.99. The lowest BCUT2D eigenvalue weighted by molar-refractivity contribution is -0.111. The molecule has 0 saturated heterocycles. The smallest absolute Gasteiger partial charge is 0.248 e. The number of ether oxygens (including phenoxy) is 1. The summed E-state index contributed by atoms with van der Waals surface area (Å²) >= 11 is 12.0. The van der Waals surface area contributed by atoms with Gasteiger partial charge in [-0.2, -0.15) is 0 Å². The number of carbonyl (C=O) groups excluding carboxylic acids is 1. The number of anilines is 1. The number of fused-ring (bicyclic) bond motifs is 1. The van der Waals surface area contributed by atoms with Crippen molar-refractivity contribution in [3.63, 3.8) is 0 Å². The number of furan rings is 1. The highest BCUT2D eigenvalue weighted by molar-refractivity contribution is 6.42. The van der Waals surface area contributed by atoms with E-state index in [4.69, 9.17) is 32.4 Å². The first-order valence-electron chi connectivity index (χ1n) is 10.2. The summed E-state index contributed by atoms with van der Waals surface area (Å²) in [6.45, 7) is 4.17. The standard InChI is InChI=1S/C26H20Cl2FNO3/c1-3-32-24-13-25-20(21(14-33-25)16-4-6-17(29)7-5-16)12-19(24)15(2)10-26(31)30-18-8-9-22(27)23(28)11-18/h4-14H,3H2,1-2H3,(H,30,31)/b15-10+. The van der Waals surface area contributed by atoms with E-state index in [2.05, 4.69) is 5.32 Å². The highest BCUT2D eigenvalue weighted by Gasteiger charge is 2.15. The van der Waals surface area contributed by atoms with Crippen LogP contribution in [0.1, 0.15) is 19.4 Å². The van der Waals surface area contributed by atoms with Crippen LogP contribution < -0.4 is 10.1 Å². The molecule has 0 atom stereocenters. The third-order valence-electron chi connectivity index (χ3n) is 5.09. The fraction of sp³-hybridized carbons (Fsp3) is 0.115. The van der Waals surface area contributed by atoms with Crippen LogP contribution in [0.25, 0.3) is 27.7 Å². The molecule has 1 amide bonds. The zero-order chi connectivity index (χ0) is 23.5. The summed E-state index contributed by atoms with van der Waals surface area (Å²) in [4.78, 5) is 12.6. The van der Waals surface area contributed by atoms with Crippen LogP contribution >= 0.6 is 23.2 Å². The van der Waals surface area contributed by atoms with Crippen molar-refractivity contribution in [1.29, 1.82) is 0 Å². The molecular formula is C26H20Cl2FNO3. The number of rotatable bonds is 6. The van der Waals surface area contributed by atoms with Crippen LogP contribution in [-0.4, -0.2) is 12.5 Å². The van der Waals surface area contributed by atoms with E-state index in [0.717, 1.165) is 22.1 Å². The number of hydrogen-bond donors (Lipinski definition) is 1. The lowest BCUT2D eigenvalue weighted by Crippen LogP contribution is -2.08. The topological polar surface area (TPSA) is 51.5 Å². The van der Waals surface area contributed by atoms with Crippen molar-refractivity contribution in [2.45, 2.75) is 13.8 Å². The number of amides is 1. The first kappa shape index (κ1) is 22.9. The minimum atomic E-state index is -0.320. The van der Waals surface area contributed by atoms with Gasteiger partial charge in [-0.3, -0.25) is 4.79 Å². The molecule has 33 heavy (non-hydrogen) atoms. The summed E-state index contributed by atoms with van der Waals surface area (Å²) in [7, 11) is 0. The largest absolute Gasteiger partial charge is 0.493 e.